The summed E-state index contributed by atoms with van der Waals surface area (Å²) in [6.45, 7) is 11.3. The average molecular weight is 437 g/mol. The van der Waals surface area contributed by atoms with E-state index >= 15 is 0 Å². The summed E-state index contributed by atoms with van der Waals surface area (Å²) in [4.78, 5) is 24.7. The molecule has 0 N–H and O–H groups in total. The highest BCUT2D eigenvalue weighted by Gasteiger charge is 2.42. The maximum atomic E-state index is 13.0. The smallest absolute Gasteiger partial charge is 0.227 e. The number of aryl methyl sites for hydroxylation is 1. The van der Waals surface area contributed by atoms with E-state index in [0.717, 1.165) is 70.2 Å². The monoisotopic (exact) mass is 436 g/mol. The highest BCUT2D eigenvalue weighted by Crippen LogP contribution is 2.32. The van der Waals surface area contributed by atoms with Gasteiger partial charge in [-0.15, -0.1) is 0 Å². The van der Waals surface area contributed by atoms with Crippen molar-refractivity contribution in [3.8, 4) is 0 Å². The summed E-state index contributed by atoms with van der Waals surface area (Å²) < 4.78 is 5.75. The van der Waals surface area contributed by atoms with E-state index in [9.17, 15) is 4.79 Å². The van der Waals surface area contributed by atoms with Crippen molar-refractivity contribution in [3.63, 3.8) is 0 Å². The van der Waals surface area contributed by atoms with E-state index in [0.29, 0.717) is 13.0 Å². The number of piperazine rings is 1. The predicted octanol–water partition coefficient (Wildman–Crippen LogP) is 3.50. The first-order chi connectivity index (χ1) is 15.6. The molecule has 1 aromatic heterocycles. The van der Waals surface area contributed by atoms with Crippen molar-refractivity contribution in [2.75, 3.05) is 50.8 Å². The van der Waals surface area contributed by atoms with Crippen LogP contribution in [0.3, 0.4) is 0 Å². The van der Waals surface area contributed by atoms with Crippen LogP contribution in [0, 0.1) is 6.92 Å². The minimum absolute atomic E-state index is 0.0610. The van der Waals surface area contributed by atoms with Gasteiger partial charge >= 0.3 is 0 Å². The molecule has 2 fully saturated rings. The molecule has 2 aromatic rings. The number of pyridine rings is 1. The van der Waals surface area contributed by atoms with E-state index in [1.807, 2.05) is 37.1 Å². The molecule has 6 heteroatoms. The molecule has 1 aromatic carbocycles. The van der Waals surface area contributed by atoms with Gasteiger partial charge in [0.1, 0.15) is 5.82 Å². The SMILES string of the molecule is CCC(=O)N(CC1(N2CCN(Cc3ccccc3)CC2)CCOCC1)c1ccc(C)cn1. The van der Waals surface area contributed by atoms with Crippen molar-refractivity contribution in [1.82, 2.24) is 14.8 Å². The van der Waals surface area contributed by atoms with Gasteiger partial charge in [-0.05, 0) is 37.0 Å². The van der Waals surface area contributed by atoms with E-state index in [4.69, 9.17) is 4.74 Å². The summed E-state index contributed by atoms with van der Waals surface area (Å²) in [5, 5.41) is 0. The number of amides is 1. The van der Waals surface area contributed by atoms with Crippen LogP contribution in [0.1, 0.15) is 37.3 Å². The van der Waals surface area contributed by atoms with Gasteiger partial charge in [-0.25, -0.2) is 4.98 Å². The van der Waals surface area contributed by atoms with E-state index in [2.05, 4.69) is 45.1 Å². The van der Waals surface area contributed by atoms with Gasteiger partial charge in [0.15, 0.2) is 0 Å². The van der Waals surface area contributed by atoms with Crippen LogP contribution in [0.4, 0.5) is 5.82 Å². The summed E-state index contributed by atoms with van der Waals surface area (Å²) in [5.41, 5.74) is 2.41. The largest absolute Gasteiger partial charge is 0.381 e. The summed E-state index contributed by atoms with van der Waals surface area (Å²) in [6, 6.07) is 14.7. The molecule has 6 nitrogen and oxygen atoms in total. The zero-order valence-corrected chi connectivity index (χ0v) is 19.5. The van der Waals surface area contributed by atoms with Crippen LogP contribution >= 0.6 is 0 Å². The van der Waals surface area contributed by atoms with Crippen LogP contribution in [-0.2, 0) is 16.1 Å². The van der Waals surface area contributed by atoms with Crippen molar-refractivity contribution >= 4 is 11.7 Å². The Labute approximate surface area is 192 Å². The molecule has 2 aliphatic rings. The molecule has 3 heterocycles. The lowest BCUT2D eigenvalue weighted by molar-refractivity contribution is -0.119. The number of carbonyl (C=O) groups is 1. The third kappa shape index (κ3) is 5.37. The predicted molar refractivity (Wildman–Crippen MR) is 128 cm³/mol. The zero-order chi connectivity index (χ0) is 22.4. The quantitative estimate of drug-likeness (QED) is 0.665. The Hall–Kier alpha value is -2.28. The lowest BCUT2D eigenvalue weighted by Gasteiger charge is -2.51. The molecule has 0 aliphatic carbocycles. The second-order valence-electron chi connectivity index (χ2n) is 9.11. The molecule has 2 saturated heterocycles. The standard InChI is InChI=1S/C26H36N4O2/c1-3-25(31)30(24-10-9-22(2)19-27-24)21-26(11-17-32-18-12-26)29-15-13-28(14-16-29)20-23-7-5-4-6-8-23/h4-10,19H,3,11-18,20-21H2,1-2H3. The number of rotatable bonds is 7. The highest BCUT2D eigenvalue weighted by atomic mass is 16.5. The second-order valence-corrected chi connectivity index (χ2v) is 9.11. The number of carbonyl (C=O) groups excluding carboxylic acids is 1. The Morgan fingerprint density at radius 3 is 2.41 bits per heavy atom. The van der Waals surface area contributed by atoms with Crippen molar-refractivity contribution in [2.45, 2.75) is 45.2 Å². The van der Waals surface area contributed by atoms with Crippen LogP contribution in [0.2, 0.25) is 0 Å². The van der Waals surface area contributed by atoms with E-state index in [1.54, 1.807) is 0 Å². The van der Waals surface area contributed by atoms with Crippen LogP contribution in [0.15, 0.2) is 48.7 Å². The van der Waals surface area contributed by atoms with Gasteiger partial charge in [-0.3, -0.25) is 19.5 Å². The molecule has 172 valence electrons. The first-order valence-electron chi connectivity index (χ1n) is 11.9. The van der Waals surface area contributed by atoms with Gasteiger partial charge in [-0.1, -0.05) is 43.3 Å². The summed E-state index contributed by atoms with van der Waals surface area (Å²) >= 11 is 0. The highest BCUT2D eigenvalue weighted by molar-refractivity contribution is 5.92. The van der Waals surface area contributed by atoms with Crippen molar-refractivity contribution < 1.29 is 9.53 Å². The molecule has 0 spiro atoms. The molecular weight excluding hydrogens is 400 g/mol. The molecule has 32 heavy (non-hydrogen) atoms. The van der Waals surface area contributed by atoms with Crippen LogP contribution < -0.4 is 4.90 Å². The van der Waals surface area contributed by atoms with Crippen LogP contribution in [0.25, 0.3) is 0 Å². The molecule has 0 bridgehead atoms. The van der Waals surface area contributed by atoms with Crippen molar-refractivity contribution in [3.05, 3.63) is 59.8 Å². The number of aromatic nitrogens is 1. The number of ether oxygens (including phenoxy) is 1. The lowest BCUT2D eigenvalue weighted by atomic mass is 9.86. The minimum atomic E-state index is -0.0610. The van der Waals surface area contributed by atoms with Crippen LogP contribution in [0.5, 0.6) is 0 Å². The Morgan fingerprint density at radius 1 is 1.06 bits per heavy atom. The molecule has 1 amide bonds. The topological polar surface area (TPSA) is 48.9 Å². The third-order valence-corrected chi connectivity index (χ3v) is 6.94. The molecule has 0 radical (unpaired) electrons. The second kappa shape index (κ2) is 10.6. The average Bonchev–Trinajstić information content (AvgIpc) is 2.84. The van der Waals surface area contributed by atoms with Crippen molar-refractivity contribution in [2.24, 2.45) is 0 Å². The third-order valence-electron chi connectivity index (χ3n) is 6.94. The Bertz CT molecular complexity index is 857. The lowest BCUT2D eigenvalue weighted by Crippen LogP contribution is -2.63. The van der Waals surface area contributed by atoms with E-state index in [1.165, 1.54) is 5.56 Å². The Kier molecular flexibility index (Phi) is 7.55. The van der Waals surface area contributed by atoms with Crippen LogP contribution in [-0.4, -0.2) is 72.2 Å². The van der Waals surface area contributed by atoms with Gasteiger partial charge in [-0.2, -0.15) is 0 Å². The molecule has 0 atom stereocenters. The Morgan fingerprint density at radius 2 is 1.78 bits per heavy atom. The first kappa shape index (κ1) is 22.9. The molecular formula is C26H36N4O2. The fraction of sp³-hybridized carbons (Fsp3) is 0.538. The number of anilines is 1. The van der Waals surface area contributed by atoms with Gasteiger partial charge in [0.25, 0.3) is 0 Å². The summed E-state index contributed by atoms with van der Waals surface area (Å²) in [5.74, 6) is 0.894. The fourth-order valence-corrected chi connectivity index (χ4v) is 4.95. The summed E-state index contributed by atoms with van der Waals surface area (Å²) in [7, 11) is 0. The molecule has 4 rings (SSSR count). The van der Waals surface area contributed by atoms with E-state index < -0.39 is 0 Å². The zero-order valence-electron chi connectivity index (χ0n) is 19.5. The Balaban J connectivity index is 1.49. The maximum absolute atomic E-state index is 13.0. The fourth-order valence-electron chi connectivity index (χ4n) is 4.95. The maximum Gasteiger partial charge on any atom is 0.227 e. The number of hydrogen-bond donors (Lipinski definition) is 0. The number of nitrogens with zero attached hydrogens (tertiary/aromatic N) is 4. The van der Waals surface area contributed by atoms with Gasteiger partial charge < -0.3 is 4.74 Å². The van der Waals surface area contributed by atoms with E-state index in [-0.39, 0.29) is 11.4 Å². The normalized spacial score (nSPS) is 19.6. The molecule has 0 unspecified atom stereocenters. The molecule has 2 aliphatic heterocycles. The first-order valence-corrected chi connectivity index (χ1v) is 11.9. The van der Waals surface area contributed by atoms with Gasteiger partial charge in [0.2, 0.25) is 5.91 Å². The van der Waals surface area contributed by atoms with Gasteiger partial charge in [0, 0.05) is 70.6 Å². The van der Waals surface area contributed by atoms with Crippen molar-refractivity contribution in [1.29, 1.82) is 0 Å². The molecule has 0 saturated carbocycles. The van der Waals surface area contributed by atoms with Gasteiger partial charge in [0.05, 0.1) is 0 Å². The minimum Gasteiger partial charge on any atom is -0.381 e. The summed E-state index contributed by atoms with van der Waals surface area (Å²) in [6.07, 6.45) is 4.23. The number of hydrogen-bond acceptors (Lipinski definition) is 5. The number of benzene rings is 1.